The first-order valence-corrected chi connectivity index (χ1v) is 6.94. The number of hydrogen-bond acceptors (Lipinski definition) is 3. The van der Waals surface area contributed by atoms with E-state index in [2.05, 4.69) is 37.3 Å². The van der Waals surface area contributed by atoms with E-state index in [1.54, 1.807) is 11.3 Å². The normalized spacial score (nSPS) is 13.1. The molecule has 0 radical (unpaired) electrons. The summed E-state index contributed by atoms with van der Waals surface area (Å²) in [7, 11) is 0. The Morgan fingerprint density at radius 3 is 3.05 bits per heavy atom. The van der Waals surface area contributed by atoms with Gasteiger partial charge in [-0.3, -0.25) is 9.97 Å². The summed E-state index contributed by atoms with van der Waals surface area (Å²) in [6.07, 6.45) is 9.84. The summed E-state index contributed by atoms with van der Waals surface area (Å²) >= 11 is 1.78. The van der Waals surface area contributed by atoms with Crippen LogP contribution in [0.5, 0.6) is 0 Å². The van der Waals surface area contributed by atoms with Crippen LogP contribution in [-0.4, -0.2) is 14.4 Å². The highest BCUT2D eigenvalue weighted by molar-refractivity contribution is 7.23. The zero-order chi connectivity index (χ0) is 12.4. The molecule has 0 spiro atoms. The zero-order valence-corrected chi connectivity index (χ0v) is 10.8. The molecule has 1 aliphatic rings. The average molecular weight is 265 g/mol. The van der Waals surface area contributed by atoms with Crippen molar-refractivity contribution in [3.63, 3.8) is 0 Å². The molecule has 4 aromatic rings. The standard InChI is InChI=1S/C14H9N4S/c1-3-15-5-9-7-17-8-13-18(14(17)10(1)9)11-2-4-16-6-12(11)19-13/h1-6,8H,7H2/q+1. The number of rotatable bonds is 0. The Kier molecular flexibility index (Phi) is 1.62. The van der Waals surface area contributed by atoms with Crippen molar-refractivity contribution in [2.75, 3.05) is 0 Å². The first-order valence-electron chi connectivity index (χ1n) is 6.12. The molecule has 0 saturated carbocycles. The third kappa shape index (κ3) is 1.11. The maximum atomic E-state index is 4.22. The summed E-state index contributed by atoms with van der Waals surface area (Å²) < 4.78 is 5.86. The Hall–Kier alpha value is -2.27. The van der Waals surface area contributed by atoms with Crippen molar-refractivity contribution in [2.45, 2.75) is 6.54 Å². The highest BCUT2D eigenvalue weighted by atomic mass is 32.1. The van der Waals surface area contributed by atoms with Gasteiger partial charge >= 0.3 is 0 Å². The maximum Gasteiger partial charge on any atom is 0.296 e. The van der Waals surface area contributed by atoms with Crippen LogP contribution >= 0.6 is 11.3 Å². The first-order chi connectivity index (χ1) is 9.42. The van der Waals surface area contributed by atoms with E-state index in [0.29, 0.717) is 0 Å². The van der Waals surface area contributed by atoms with Crippen LogP contribution in [0.15, 0.2) is 43.1 Å². The molecule has 5 rings (SSSR count). The minimum Gasteiger partial charge on any atom is -0.264 e. The summed E-state index contributed by atoms with van der Waals surface area (Å²) in [5.41, 5.74) is 3.81. The van der Waals surface area contributed by atoms with Crippen LogP contribution in [-0.2, 0) is 6.54 Å². The summed E-state index contributed by atoms with van der Waals surface area (Å²) in [4.78, 5) is 9.69. The second-order valence-corrected chi connectivity index (χ2v) is 5.79. The van der Waals surface area contributed by atoms with Crippen molar-refractivity contribution < 1.29 is 4.57 Å². The van der Waals surface area contributed by atoms with Crippen LogP contribution in [0.4, 0.5) is 0 Å². The average Bonchev–Trinajstić information content (AvgIpc) is 3.04. The van der Waals surface area contributed by atoms with E-state index in [1.165, 1.54) is 32.0 Å². The Morgan fingerprint density at radius 2 is 2.05 bits per heavy atom. The van der Waals surface area contributed by atoms with Gasteiger partial charge in [0, 0.05) is 36.4 Å². The van der Waals surface area contributed by atoms with Crippen molar-refractivity contribution in [1.29, 1.82) is 0 Å². The lowest BCUT2D eigenvalue weighted by Crippen LogP contribution is -2.29. The van der Waals surface area contributed by atoms with Crippen LogP contribution in [0.2, 0.25) is 0 Å². The number of hydrogen-bond donors (Lipinski definition) is 0. The fourth-order valence-electron chi connectivity index (χ4n) is 2.89. The summed E-state index contributed by atoms with van der Waals surface area (Å²) in [5.74, 6) is 1.25. The molecule has 4 aromatic heterocycles. The molecule has 19 heavy (non-hydrogen) atoms. The number of aromatic nitrogens is 4. The zero-order valence-electron chi connectivity index (χ0n) is 9.95. The van der Waals surface area contributed by atoms with E-state index in [0.717, 1.165) is 6.54 Å². The van der Waals surface area contributed by atoms with Crippen LogP contribution in [0.25, 0.3) is 26.4 Å². The lowest BCUT2D eigenvalue weighted by molar-refractivity contribution is -0.670. The minimum atomic E-state index is 0.916. The van der Waals surface area contributed by atoms with Gasteiger partial charge in [-0.1, -0.05) is 11.3 Å². The fraction of sp³-hybridized carbons (Fsp3) is 0.0714. The molecule has 0 aromatic carbocycles. The molecule has 5 heterocycles. The van der Waals surface area contributed by atoms with Crippen molar-refractivity contribution >= 4 is 26.4 Å². The molecule has 0 N–H and O–H groups in total. The highest BCUT2D eigenvalue weighted by Crippen LogP contribution is 2.33. The first kappa shape index (κ1) is 9.63. The number of thiazole rings is 1. The van der Waals surface area contributed by atoms with Gasteiger partial charge in [0.15, 0.2) is 5.52 Å². The fourth-order valence-corrected chi connectivity index (χ4v) is 3.95. The van der Waals surface area contributed by atoms with Gasteiger partial charge in [-0.05, 0) is 6.07 Å². The molecule has 1 aliphatic heterocycles. The predicted octanol–water partition coefficient (Wildman–Crippen LogP) is 2.26. The molecular formula is C14H9N4S+. The molecule has 0 atom stereocenters. The molecule has 0 unspecified atom stereocenters. The number of fused-ring (bicyclic) bond motifs is 7. The van der Waals surface area contributed by atoms with Gasteiger partial charge in [0.1, 0.15) is 12.7 Å². The molecular weight excluding hydrogens is 256 g/mol. The Balaban J connectivity index is 2.00. The lowest BCUT2D eigenvalue weighted by Gasteiger charge is -1.92. The van der Waals surface area contributed by atoms with Gasteiger partial charge in [-0.25, -0.2) is 4.57 Å². The van der Waals surface area contributed by atoms with E-state index in [9.17, 15) is 0 Å². The quantitative estimate of drug-likeness (QED) is 0.402. The Morgan fingerprint density at radius 1 is 1.16 bits per heavy atom. The van der Waals surface area contributed by atoms with Gasteiger partial charge in [0.2, 0.25) is 4.83 Å². The number of pyridine rings is 2. The SMILES string of the molecule is c1cc2c(cn1)C[n+]1cc3sc4cnccc4n3c1-2. The molecule has 90 valence electrons. The largest absolute Gasteiger partial charge is 0.296 e. The van der Waals surface area contributed by atoms with E-state index in [-0.39, 0.29) is 0 Å². The molecule has 0 saturated heterocycles. The number of imidazole rings is 1. The smallest absolute Gasteiger partial charge is 0.264 e. The second kappa shape index (κ2) is 3.19. The molecule has 0 amide bonds. The molecule has 0 fully saturated rings. The second-order valence-electron chi connectivity index (χ2n) is 4.73. The summed E-state index contributed by atoms with van der Waals surface area (Å²) in [5, 5.41) is 0. The van der Waals surface area contributed by atoms with Crippen LogP contribution in [0.1, 0.15) is 5.56 Å². The van der Waals surface area contributed by atoms with E-state index >= 15 is 0 Å². The minimum absolute atomic E-state index is 0.916. The van der Waals surface area contributed by atoms with Crippen molar-refractivity contribution in [3.8, 4) is 11.4 Å². The van der Waals surface area contributed by atoms with Gasteiger partial charge in [-0.15, -0.1) is 0 Å². The van der Waals surface area contributed by atoms with E-state index < -0.39 is 0 Å². The van der Waals surface area contributed by atoms with Crippen LogP contribution in [0, 0.1) is 0 Å². The third-order valence-electron chi connectivity index (χ3n) is 3.67. The highest BCUT2D eigenvalue weighted by Gasteiger charge is 2.31. The topological polar surface area (TPSA) is 34.1 Å². The van der Waals surface area contributed by atoms with Crippen molar-refractivity contribution in [3.05, 3.63) is 48.7 Å². The van der Waals surface area contributed by atoms with Crippen LogP contribution in [0.3, 0.4) is 0 Å². The molecule has 0 aliphatic carbocycles. The third-order valence-corrected chi connectivity index (χ3v) is 4.71. The van der Waals surface area contributed by atoms with Crippen molar-refractivity contribution in [2.24, 2.45) is 0 Å². The van der Waals surface area contributed by atoms with Gasteiger partial charge in [0.25, 0.3) is 5.82 Å². The molecule has 5 heteroatoms. The predicted molar refractivity (Wildman–Crippen MR) is 73.1 cm³/mol. The summed E-state index contributed by atoms with van der Waals surface area (Å²) in [6.45, 7) is 0.916. The molecule has 4 nitrogen and oxygen atoms in total. The van der Waals surface area contributed by atoms with Crippen molar-refractivity contribution in [1.82, 2.24) is 14.4 Å². The Labute approximate surface area is 112 Å². The van der Waals surface area contributed by atoms with E-state index in [1.807, 2.05) is 24.8 Å². The maximum absolute atomic E-state index is 4.22. The molecule has 0 bridgehead atoms. The summed E-state index contributed by atoms with van der Waals surface area (Å²) in [6, 6.07) is 4.18. The Bertz CT molecular complexity index is 951. The van der Waals surface area contributed by atoms with Gasteiger partial charge < -0.3 is 0 Å². The van der Waals surface area contributed by atoms with E-state index in [4.69, 9.17) is 0 Å². The van der Waals surface area contributed by atoms with Gasteiger partial charge in [-0.2, -0.15) is 4.40 Å². The number of nitrogens with zero attached hydrogens (tertiary/aromatic N) is 4. The van der Waals surface area contributed by atoms with Gasteiger partial charge in [0.05, 0.1) is 10.3 Å². The van der Waals surface area contributed by atoms with Crippen LogP contribution < -0.4 is 4.57 Å². The monoisotopic (exact) mass is 265 g/mol. The lowest BCUT2D eigenvalue weighted by atomic mass is 10.2.